The summed E-state index contributed by atoms with van der Waals surface area (Å²) in [6, 6.07) is -3.06. The molecule has 14 heteroatoms. The number of carbonyl (C=O) groups is 5. The second-order valence-electron chi connectivity index (χ2n) is 15.6. The lowest BCUT2D eigenvalue weighted by atomic mass is 9.82. The van der Waals surface area contributed by atoms with Crippen LogP contribution in [0.15, 0.2) is 0 Å². The highest BCUT2D eigenvalue weighted by Gasteiger charge is 2.38. The van der Waals surface area contributed by atoms with Crippen molar-refractivity contribution in [2.45, 2.75) is 154 Å². The number of nitrogens with one attached hydrogen (secondary N) is 3. The van der Waals surface area contributed by atoms with Crippen molar-refractivity contribution in [3.63, 3.8) is 0 Å². The van der Waals surface area contributed by atoms with E-state index < -0.39 is 47.9 Å². The Morgan fingerprint density at radius 1 is 0.811 bits per heavy atom. The van der Waals surface area contributed by atoms with Gasteiger partial charge in [0.2, 0.25) is 29.5 Å². The van der Waals surface area contributed by atoms with Crippen LogP contribution in [0, 0.1) is 23.7 Å². The third kappa shape index (κ3) is 16.2. The predicted molar refractivity (Wildman–Crippen MR) is 206 cm³/mol. The first kappa shape index (κ1) is 46.3. The summed E-state index contributed by atoms with van der Waals surface area (Å²) in [5.74, 6) is -2.58. The zero-order valence-corrected chi connectivity index (χ0v) is 33.4. The SMILES string of the molecule is CCC[C@@H](C(=O)N[C@H](C(=O)N[C@@H](CN)C(N)=O)C1CCCCCC1)N(C)C(=O)[C@H](C)[C@@H](CC1CCCCC1)OC[C@@H](C)NC(=O)[C@@H](C)COCCCN. The molecule has 0 aromatic heterocycles. The van der Waals surface area contributed by atoms with Crippen LogP contribution in [0.1, 0.15) is 124 Å². The van der Waals surface area contributed by atoms with Gasteiger partial charge in [-0.3, -0.25) is 24.0 Å². The number of primary amides is 1. The quantitative estimate of drug-likeness (QED) is 0.0629. The van der Waals surface area contributed by atoms with E-state index in [9.17, 15) is 24.0 Å². The summed E-state index contributed by atoms with van der Waals surface area (Å²) < 4.78 is 12.0. The Kier molecular flexibility index (Phi) is 22.1. The maximum Gasteiger partial charge on any atom is 0.243 e. The second-order valence-corrected chi connectivity index (χ2v) is 15.6. The van der Waals surface area contributed by atoms with E-state index in [1.165, 1.54) is 11.3 Å². The molecule has 2 aliphatic carbocycles. The van der Waals surface area contributed by atoms with Gasteiger partial charge < -0.3 is 47.5 Å². The standard InChI is InChI=1S/C39H73N7O7/c1-6-15-32(37(49)45-34(30-18-12-7-8-13-19-30)38(50)44-31(23-41)35(42)47)46(5)39(51)28(4)33(22-29-16-10-9-11-17-29)53-25-27(3)43-36(48)26(2)24-52-21-14-20-40/h26-34H,6-25,40-41H2,1-5H3,(H2,42,47)(H,43,48)(H,44,50)(H,45,49)/t26-,27+,28+,31-,32-,33+,34-/m0/s1. The van der Waals surface area contributed by atoms with Gasteiger partial charge in [-0.05, 0) is 57.4 Å². The Labute approximate surface area is 318 Å². The Bertz CT molecular complexity index is 1110. The molecule has 2 fully saturated rings. The van der Waals surface area contributed by atoms with Crippen LogP contribution in [0.25, 0.3) is 0 Å². The van der Waals surface area contributed by atoms with Crippen molar-refractivity contribution in [3.8, 4) is 0 Å². The smallest absolute Gasteiger partial charge is 0.243 e. The van der Waals surface area contributed by atoms with Crippen molar-refractivity contribution in [3.05, 3.63) is 0 Å². The van der Waals surface area contributed by atoms with Gasteiger partial charge in [0.05, 0.1) is 31.2 Å². The number of rotatable bonds is 24. The minimum Gasteiger partial charge on any atom is -0.381 e. The fourth-order valence-corrected chi connectivity index (χ4v) is 7.59. The molecule has 0 aromatic carbocycles. The number of ether oxygens (including phenoxy) is 2. The third-order valence-electron chi connectivity index (χ3n) is 11.0. The lowest BCUT2D eigenvalue weighted by Gasteiger charge is -2.36. The van der Waals surface area contributed by atoms with Crippen LogP contribution in [0.3, 0.4) is 0 Å². The van der Waals surface area contributed by atoms with Crippen LogP contribution in [-0.2, 0) is 33.4 Å². The maximum atomic E-state index is 14.3. The molecule has 2 saturated carbocycles. The largest absolute Gasteiger partial charge is 0.381 e. The Morgan fingerprint density at radius 3 is 2.02 bits per heavy atom. The highest BCUT2D eigenvalue weighted by atomic mass is 16.5. The van der Waals surface area contributed by atoms with Gasteiger partial charge >= 0.3 is 0 Å². The van der Waals surface area contributed by atoms with E-state index in [2.05, 4.69) is 16.0 Å². The number of likely N-dealkylation sites (N-methyl/N-ethyl adjacent to an activating group) is 1. The molecule has 0 aromatic rings. The third-order valence-corrected chi connectivity index (χ3v) is 11.0. The molecule has 0 radical (unpaired) electrons. The lowest BCUT2D eigenvalue weighted by molar-refractivity contribution is -0.147. The monoisotopic (exact) mass is 752 g/mol. The molecule has 5 amide bonds. The van der Waals surface area contributed by atoms with E-state index in [0.29, 0.717) is 44.9 Å². The topological polar surface area (TPSA) is 221 Å². The van der Waals surface area contributed by atoms with Crippen molar-refractivity contribution < 1.29 is 33.4 Å². The minimum absolute atomic E-state index is 0.126. The Hall–Kier alpha value is -2.81. The Morgan fingerprint density at radius 2 is 1.43 bits per heavy atom. The molecule has 2 aliphatic rings. The van der Waals surface area contributed by atoms with Gasteiger partial charge in [0.1, 0.15) is 18.1 Å². The fraction of sp³-hybridized carbons (Fsp3) is 0.872. The van der Waals surface area contributed by atoms with E-state index >= 15 is 0 Å². The average Bonchev–Trinajstić information content (AvgIpc) is 3.44. The van der Waals surface area contributed by atoms with Crippen LogP contribution in [0.5, 0.6) is 0 Å². The van der Waals surface area contributed by atoms with Crippen molar-refractivity contribution in [1.29, 1.82) is 0 Å². The average molecular weight is 752 g/mol. The van der Waals surface area contributed by atoms with Crippen LogP contribution >= 0.6 is 0 Å². The van der Waals surface area contributed by atoms with E-state index in [1.54, 1.807) is 7.05 Å². The van der Waals surface area contributed by atoms with Crippen LogP contribution in [-0.4, -0.2) is 105 Å². The molecular weight excluding hydrogens is 678 g/mol. The van der Waals surface area contributed by atoms with Crippen LogP contribution in [0.4, 0.5) is 0 Å². The molecule has 0 aliphatic heterocycles. The molecular formula is C39H73N7O7. The number of nitrogens with two attached hydrogens (primary N) is 3. The fourth-order valence-electron chi connectivity index (χ4n) is 7.59. The number of hydrogen-bond donors (Lipinski definition) is 6. The number of hydrogen-bond acceptors (Lipinski definition) is 9. The Balaban J connectivity index is 2.20. The molecule has 7 atom stereocenters. The molecule has 0 saturated heterocycles. The maximum absolute atomic E-state index is 14.3. The first-order valence-corrected chi connectivity index (χ1v) is 20.4. The number of amides is 5. The zero-order chi connectivity index (χ0) is 39.3. The van der Waals surface area contributed by atoms with Gasteiger partial charge in [-0.1, -0.05) is 85.0 Å². The molecule has 0 spiro atoms. The summed E-state index contributed by atoms with van der Waals surface area (Å²) in [5, 5.41) is 8.67. The second kappa shape index (κ2) is 25.3. The molecule has 0 heterocycles. The molecule has 14 nitrogen and oxygen atoms in total. The van der Waals surface area contributed by atoms with Crippen LogP contribution in [0.2, 0.25) is 0 Å². The normalized spacial score (nSPS) is 19.8. The first-order chi connectivity index (χ1) is 25.3. The van der Waals surface area contributed by atoms with Gasteiger partial charge in [-0.25, -0.2) is 0 Å². The van der Waals surface area contributed by atoms with Gasteiger partial charge in [-0.2, -0.15) is 0 Å². The molecule has 9 N–H and O–H groups in total. The van der Waals surface area contributed by atoms with E-state index in [-0.39, 0.29) is 42.8 Å². The van der Waals surface area contributed by atoms with Gasteiger partial charge in [0.25, 0.3) is 0 Å². The van der Waals surface area contributed by atoms with Gasteiger partial charge in [-0.15, -0.1) is 0 Å². The summed E-state index contributed by atoms with van der Waals surface area (Å²) in [5.41, 5.74) is 16.7. The molecule has 306 valence electrons. The van der Waals surface area contributed by atoms with Crippen molar-refractivity contribution >= 4 is 29.5 Å². The summed E-state index contributed by atoms with van der Waals surface area (Å²) >= 11 is 0. The van der Waals surface area contributed by atoms with E-state index in [1.807, 2.05) is 27.7 Å². The predicted octanol–water partition coefficient (Wildman–Crippen LogP) is 2.50. The summed E-state index contributed by atoms with van der Waals surface area (Å²) in [6.45, 7) is 8.95. The van der Waals surface area contributed by atoms with Gasteiger partial charge in [0, 0.05) is 26.2 Å². The highest BCUT2D eigenvalue weighted by molar-refractivity contribution is 5.94. The van der Waals surface area contributed by atoms with Crippen LogP contribution < -0.4 is 33.2 Å². The van der Waals surface area contributed by atoms with E-state index in [4.69, 9.17) is 26.7 Å². The summed E-state index contributed by atoms with van der Waals surface area (Å²) in [6.07, 6.45) is 13.2. The van der Waals surface area contributed by atoms with Crippen molar-refractivity contribution in [2.24, 2.45) is 40.9 Å². The molecule has 53 heavy (non-hydrogen) atoms. The minimum atomic E-state index is -1.05. The number of nitrogens with zero attached hydrogens (tertiary/aromatic N) is 1. The van der Waals surface area contributed by atoms with Crippen molar-refractivity contribution in [2.75, 3.05) is 40.0 Å². The number of carbonyl (C=O) groups excluding carboxylic acids is 5. The molecule has 0 bridgehead atoms. The molecule has 2 rings (SSSR count). The summed E-state index contributed by atoms with van der Waals surface area (Å²) in [7, 11) is 1.65. The molecule has 0 unspecified atom stereocenters. The highest BCUT2D eigenvalue weighted by Crippen LogP contribution is 2.31. The summed E-state index contributed by atoms with van der Waals surface area (Å²) in [4.78, 5) is 68.2. The first-order valence-electron chi connectivity index (χ1n) is 20.4. The van der Waals surface area contributed by atoms with E-state index in [0.717, 1.165) is 70.6 Å². The van der Waals surface area contributed by atoms with Crippen molar-refractivity contribution in [1.82, 2.24) is 20.9 Å². The van der Waals surface area contributed by atoms with Gasteiger partial charge in [0.15, 0.2) is 0 Å². The zero-order valence-electron chi connectivity index (χ0n) is 33.4. The lowest BCUT2D eigenvalue weighted by Crippen LogP contribution is -2.60.